The third kappa shape index (κ3) is 7.01. The quantitative estimate of drug-likeness (QED) is 0.152. The topological polar surface area (TPSA) is 106 Å². The summed E-state index contributed by atoms with van der Waals surface area (Å²) in [6.45, 7) is 2.64. The molecule has 7 rings (SSSR count). The summed E-state index contributed by atoms with van der Waals surface area (Å²) in [6, 6.07) is 23.3. The van der Waals surface area contributed by atoms with E-state index in [2.05, 4.69) is 15.6 Å². The van der Waals surface area contributed by atoms with Gasteiger partial charge in [-0.05, 0) is 96.1 Å². The molecule has 266 valence electrons. The third-order valence-corrected chi connectivity index (χ3v) is 9.55. The highest BCUT2D eigenvalue weighted by Crippen LogP contribution is 2.53. The Kier molecular flexibility index (Phi) is 9.08. The number of aromatic nitrogens is 2. The van der Waals surface area contributed by atoms with Crippen molar-refractivity contribution in [3.63, 3.8) is 0 Å². The number of carbonyl (C=O) groups excluding carboxylic acids is 2. The van der Waals surface area contributed by atoms with Crippen molar-refractivity contribution in [2.24, 2.45) is 0 Å². The molecule has 1 spiro atoms. The number of nitrogens with zero attached hydrogens (tertiary/aromatic N) is 3. The van der Waals surface area contributed by atoms with Crippen molar-refractivity contribution in [2.75, 3.05) is 29.8 Å². The van der Waals surface area contributed by atoms with Gasteiger partial charge in [0.05, 0.1) is 43.9 Å². The van der Waals surface area contributed by atoms with Crippen molar-refractivity contribution in [2.45, 2.75) is 50.9 Å². The molecule has 9 nitrogen and oxygen atoms in total. The van der Waals surface area contributed by atoms with Crippen LogP contribution >= 0.6 is 0 Å². The number of benzene rings is 4. The van der Waals surface area contributed by atoms with Crippen LogP contribution in [-0.4, -0.2) is 36.0 Å². The van der Waals surface area contributed by atoms with E-state index in [-0.39, 0.29) is 24.4 Å². The minimum Gasteiger partial charge on any atom is -0.497 e. The Bertz CT molecular complexity index is 2150. The van der Waals surface area contributed by atoms with E-state index in [9.17, 15) is 22.8 Å². The minimum atomic E-state index is -4.60. The van der Waals surface area contributed by atoms with Gasteiger partial charge in [0.1, 0.15) is 11.5 Å². The highest BCUT2D eigenvalue weighted by atomic mass is 19.4. The SMILES string of the molecule is COc1ccc(CNc2ncc3c(n2)C2(CC2)C(=O)N(c2cc(NC(=O)Cc4cc(-c5ccc(OC)cc5)cc(C(F)(F)F)c4)ccc2C)C3)cc1. The fraction of sp³-hybridized carbons (Fsp3) is 0.250. The molecular weight excluding hydrogens is 671 g/mol. The molecule has 4 aromatic carbocycles. The molecule has 0 saturated heterocycles. The summed E-state index contributed by atoms with van der Waals surface area (Å²) in [5.41, 5.74) is 4.00. The Labute approximate surface area is 298 Å². The predicted molar refractivity (Wildman–Crippen MR) is 191 cm³/mol. The van der Waals surface area contributed by atoms with Crippen molar-refractivity contribution >= 4 is 29.1 Å². The molecule has 2 aliphatic rings. The zero-order valence-corrected chi connectivity index (χ0v) is 28.8. The summed E-state index contributed by atoms with van der Waals surface area (Å²) in [4.78, 5) is 38.4. The molecule has 1 aromatic heterocycles. The van der Waals surface area contributed by atoms with Crippen LogP contribution in [0, 0.1) is 6.92 Å². The van der Waals surface area contributed by atoms with Crippen LogP contribution in [0.15, 0.2) is 91.1 Å². The highest BCUT2D eigenvalue weighted by Gasteiger charge is 2.58. The van der Waals surface area contributed by atoms with Crippen LogP contribution in [-0.2, 0) is 40.7 Å². The lowest BCUT2D eigenvalue weighted by Crippen LogP contribution is -2.45. The first-order valence-electron chi connectivity index (χ1n) is 16.8. The van der Waals surface area contributed by atoms with Gasteiger partial charge in [-0.25, -0.2) is 9.97 Å². The van der Waals surface area contributed by atoms with E-state index in [4.69, 9.17) is 14.5 Å². The molecule has 1 saturated carbocycles. The normalized spacial score (nSPS) is 14.5. The van der Waals surface area contributed by atoms with E-state index in [0.29, 0.717) is 53.6 Å². The molecule has 0 radical (unpaired) electrons. The number of rotatable bonds is 10. The summed E-state index contributed by atoms with van der Waals surface area (Å²) in [5.74, 6) is 1.23. The smallest absolute Gasteiger partial charge is 0.416 e. The number of methoxy groups -OCH3 is 2. The van der Waals surface area contributed by atoms with E-state index in [1.54, 1.807) is 60.7 Å². The molecule has 2 amide bonds. The van der Waals surface area contributed by atoms with Gasteiger partial charge in [0.15, 0.2) is 0 Å². The van der Waals surface area contributed by atoms with Crippen LogP contribution in [0.2, 0.25) is 0 Å². The van der Waals surface area contributed by atoms with E-state index in [0.717, 1.165) is 40.3 Å². The van der Waals surface area contributed by atoms with Gasteiger partial charge in [-0.1, -0.05) is 36.4 Å². The zero-order chi connectivity index (χ0) is 36.6. The number of amides is 2. The zero-order valence-electron chi connectivity index (χ0n) is 28.8. The summed E-state index contributed by atoms with van der Waals surface area (Å²) in [6.07, 6.45) is -1.81. The summed E-state index contributed by atoms with van der Waals surface area (Å²) >= 11 is 0. The minimum absolute atomic E-state index is 0.0681. The monoisotopic (exact) mass is 707 g/mol. The molecule has 0 bridgehead atoms. The third-order valence-electron chi connectivity index (χ3n) is 9.55. The number of anilines is 3. The maximum atomic E-state index is 14.1. The second kappa shape index (κ2) is 13.7. The van der Waals surface area contributed by atoms with Gasteiger partial charge in [0.25, 0.3) is 0 Å². The predicted octanol–water partition coefficient (Wildman–Crippen LogP) is 7.86. The van der Waals surface area contributed by atoms with Crippen molar-refractivity contribution in [3.05, 3.63) is 125 Å². The van der Waals surface area contributed by atoms with Crippen LogP contribution < -0.4 is 25.0 Å². The molecule has 12 heteroatoms. The molecule has 52 heavy (non-hydrogen) atoms. The summed E-state index contributed by atoms with van der Waals surface area (Å²) in [5, 5.41) is 6.09. The second-order valence-electron chi connectivity index (χ2n) is 13.1. The van der Waals surface area contributed by atoms with Gasteiger partial charge in [-0.2, -0.15) is 13.2 Å². The maximum Gasteiger partial charge on any atom is 0.416 e. The Hall–Kier alpha value is -5.91. The lowest BCUT2D eigenvalue weighted by molar-refractivity contribution is -0.137. The largest absolute Gasteiger partial charge is 0.497 e. The molecule has 5 aromatic rings. The standard InChI is InChI=1S/C40H36F3N5O4/c1-24-4-9-31(46-35(49)18-26-16-28(19-30(17-26)40(41,42)43)27-7-12-33(52-3)13-8-27)20-34(24)48-23-29-22-45-38(47-36(29)39(14-15-39)37(48)50)44-21-25-5-10-32(51-2)11-6-25/h4-13,16-17,19-20,22H,14-15,18,21,23H2,1-3H3,(H,46,49)(H,44,45,47). The van der Waals surface area contributed by atoms with Crippen LogP contribution in [0.5, 0.6) is 11.5 Å². The highest BCUT2D eigenvalue weighted by molar-refractivity contribution is 6.05. The number of hydrogen-bond acceptors (Lipinski definition) is 7. The molecule has 0 unspecified atom stereocenters. The van der Waals surface area contributed by atoms with Crippen molar-refractivity contribution < 1.29 is 32.2 Å². The van der Waals surface area contributed by atoms with Crippen LogP contribution in [0.1, 0.15) is 46.4 Å². The molecular formula is C40H36F3N5O4. The molecule has 1 fully saturated rings. The number of carbonyl (C=O) groups is 2. The second-order valence-corrected chi connectivity index (χ2v) is 13.1. The lowest BCUT2D eigenvalue weighted by atomic mass is 9.91. The lowest BCUT2D eigenvalue weighted by Gasteiger charge is -2.34. The van der Waals surface area contributed by atoms with Gasteiger partial charge >= 0.3 is 6.18 Å². The van der Waals surface area contributed by atoms with E-state index in [1.807, 2.05) is 37.3 Å². The van der Waals surface area contributed by atoms with E-state index >= 15 is 0 Å². The van der Waals surface area contributed by atoms with Crippen molar-refractivity contribution in [3.8, 4) is 22.6 Å². The Balaban J connectivity index is 1.08. The van der Waals surface area contributed by atoms with Crippen molar-refractivity contribution in [1.29, 1.82) is 0 Å². The maximum absolute atomic E-state index is 14.1. The first-order valence-corrected chi connectivity index (χ1v) is 16.8. The molecule has 2 heterocycles. The van der Waals surface area contributed by atoms with Crippen LogP contribution in [0.25, 0.3) is 11.1 Å². The van der Waals surface area contributed by atoms with E-state index < -0.39 is 23.1 Å². The number of halogens is 3. The first kappa shape index (κ1) is 34.5. The number of hydrogen-bond donors (Lipinski definition) is 2. The van der Waals surface area contributed by atoms with Crippen LogP contribution in [0.3, 0.4) is 0 Å². The number of alkyl halides is 3. The number of fused-ring (bicyclic) bond motifs is 2. The Morgan fingerprint density at radius 1 is 0.885 bits per heavy atom. The number of ether oxygens (including phenoxy) is 2. The van der Waals surface area contributed by atoms with Gasteiger partial charge in [-0.15, -0.1) is 0 Å². The van der Waals surface area contributed by atoms with Crippen molar-refractivity contribution in [1.82, 2.24) is 9.97 Å². The fourth-order valence-corrected chi connectivity index (χ4v) is 6.59. The van der Waals surface area contributed by atoms with Crippen LogP contribution in [0.4, 0.5) is 30.5 Å². The molecule has 1 aliphatic heterocycles. The number of nitrogens with one attached hydrogen (secondary N) is 2. The van der Waals surface area contributed by atoms with Gasteiger partial charge < -0.3 is 25.0 Å². The van der Waals surface area contributed by atoms with Gasteiger partial charge in [0.2, 0.25) is 17.8 Å². The summed E-state index contributed by atoms with van der Waals surface area (Å²) in [7, 11) is 3.13. The average molecular weight is 708 g/mol. The van der Waals surface area contributed by atoms with E-state index in [1.165, 1.54) is 7.11 Å². The average Bonchev–Trinajstić information content (AvgIpc) is 3.95. The number of aryl methyl sites for hydroxylation is 1. The fourth-order valence-electron chi connectivity index (χ4n) is 6.59. The Morgan fingerprint density at radius 2 is 1.58 bits per heavy atom. The first-order chi connectivity index (χ1) is 25.0. The van der Waals surface area contributed by atoms with Gasteiger partial charge in [-0.3, -0.25) is 9.59 Å². The molecule has 2 N–H and O–H groups in total. The molecule has 0 atom stereocenters. The molecule has 1 aliphatic carbocycles. The summed E-state index contributed by atoms with van der Waals surface area (Å²) < 4.78 is 52.0. The Morgan fingerprint density at radius 3 is 2.23 bits per heavy atom. The van der Waals surface area contributed by atoms with Gasteiger partial charge in [0, 0.05) is 29.7 Å².